The highest BCUT2D eigenvalue weighted by atomic mass is 32.2. The summed E-state index contributed by atoms with van der Waals surface area (Å²) in [6.45, 7) is 5.83. The number of hydrogen-bond acceptors (Lipinski definition) is 5. The van der Waals surface area contributed by atoms with Crippen molar-refractivity contribution >= 4 is 27.5 Å². The maximum atomic E-state index is 12.2. The second-order valence-corrected chi connectivity index (χ2v) is 7.26. The van der Waals surface area contributed by atoms with E-state index in [1.807, 2.05) is 12.1 Å². The number of nitrogens with one attached hydrogen (secondary N) is 2. The molecule has 0 heterocycles. The fraction of sp³-hybridized carbons (Fsp3) is 0.222. The van der Waals surface area contributed by atoms with Gasteiger partial charge in [0, 0.05) is 29.9 Å². The molecule has 2 aromatic rings. The molecular formula is C18H22N4O4S. The Morgan fingerprint density at radius 2 is 1.26 bits per heavy atom. The lowest BCUT2D eigenvalue weighted by atomic mass is 10.2. The Labute approximate surface area is 158 Å². The smallest absolute Gasteiger partial charge is 0.269 e. The van der Waals surface area contributed by atoms with Crippen LogP contribution in [0.1, 0.15) is 34.6 Å². The minimum Gasteiger partial charge on any atom is -0.372 e. The van der Waals surface area contributed by atoms with Crippen molar-refractivity contribution in [2.75, 3.05) is 18.0 Å². The molecule has 27 heavy (non-hydrogen) atoms. The van der Waals surface area contributed by atoms with Gasteiger partial charge in [-0.2, -0.15) is 0 Å². The Morgan fingerprint density at radius 1 is 0.852 bits per heavy atom. The summed E-state index contributed by atoms with van der Waals surface area (Å²) in [4.78, 5) is 26.2. The average molecular weight is 390 g/mol. The topological polar surface area (TPSA) is 122 Å². The number of rotatable bonds is 6. The zero-order chi connectivity index (χ0) is 20.0. The van der Waals surface area contributed by atoms with Crippen molar-refractivity contribution in [3.05, 3.63) is 59.7 Å². The first-order valence-corrected chi connectivity index (χ1v) is 9.89. The molecule has 0 atom stereocenters. The summed E-state index contributed by atoms with van der Waals surface area (Å²) < 4.78 is 22.4. The van der Waals surface area contributed by atoms with Crippen LogP contribution in [-0.2, 0) is 10.0 Å². The van der Waals surface area contributed by atoms with Crippen LogP contribution in [0.3, 0.4) is 0 Å². The first-order valence-electron chi connectivity index (χ1n) is 8.34. The Kier molecular flexibility index (Phi) is 6.54. The molecule has 0 spiro atoms. The molecule has 0 radical (unpaired) electrons. The van der Waals surface area contributed by atoms with E-state index in [1.54, 1.807) is 12.1 Å². The van der Waals surface area contributed by atoms with Gasteiger partial charge in [-0.3, -0.25) is 20.4 Å². The van der Waals surface area contributed by atoms with Gasteiger partial charge in [-0.1, -0.05) is 0 Å². The predicted molar refractivity (Wildman–Crippen MR) is 103 cm³/mol. The van der Waals surface area contributed by atoms with Crippen LogP contribution in [0, 0.1) is 0 Å². The fourth-order valence-electron chi connectivity index (χ4n) is 2.47. The van der Waals surface area contributed by atoms with Gasteiger partial charge < -0.3 is 4.90 Å². The Morgan fingerprint density at radius 3 is 1.63 bits per heavy atom. The highest BCUT2D eigenvalue weighted by Crippen LogP contribution is 2.14. The number of benzene rings is 2. The van der Waals surface area contributed by atoms with Crippen molar-refractivity contribution in [1.82, 2.24) is 10.9 Å². The molecule has 0 aromatic heterocycles. The van der Waals surface area contributed by atoms with Crippen LogP contribution >= 0.6 is 0 Å². The molecule has 0 fully saturated rings. The fourth-order valence-corrected chi connectivity index (χ4v) is 2.98. The van der Waals surface area contributed by atoms with E-state index in [-0.39, 0.29) is 10.5 Å². The molecule has 0 unspecified atom stereocenters. The lowest BCUT2D eigenvalue weighted by molar-refractivity contribution is 0.0846. The van der Waals surface area contributed by atoms with Gasteiger partial charge in [-0.25, -0.2) is 13.6 Å². The van der Waals surface area contributed by atoms with Gasteiger partial charge >= 0.3 is 0 Å². The summed E-state index contributed by atoms with van der Waals surface area (Å²) in [5.74, 6) is -1.04. The van der Waals surface area contributed by atoms with Crippen LogP contribution in [0.4, 0.5) is 5.69 Å². The van der Waals surface area contributed by atoms with Crippen LogP contribution in [0.5, 0.6) is 0 Å². The molecule has 0 aliphatic carbocycles. The molecule has 0 bridgehead atoms. The van der Waals surface area contributed by atoms with E-state index >= 15 is 0 Å². The monoisotopic (exact) mass is 390 g/mol. The highest BCUT2D eigenvalue weighted by Gasteiger charge is 2.12. The van der Waals surface area contributed by atoms with Crippen LogP contribution in [0.25, 0.3) is 0 Å². The molecule has 0 aliphatic heterocycles. The standard InChI is InChI=1S/C18H22N4O4S/c1-3-22(4-2)15-9-5-13(6-10-15)17(23)20-21-18(24)14-7-11-16(12-8-14)27(19,25)26/h5-12H,3-4H2,1-2H3,(H,20,23)(H,21,24)(H2,19,25,26). The Hall–Kier alpha value is -2.91. The number of carbonyl (C=O) groups excluding carboxylic acids is 2. The normalized spacial score (nSPS) is 10.9. The third kappa shape index (κ3) is 5.28. The molecule has 144 valence electrons. The average Bonchev–Trinajstić information content (AvgIpc) is 2.66. The van der Waals surface area contributed by atoms with Crippen LogP contribution < -0.4 is 20.9 Å². The van der Waals surface area contributed by atoms with E-state index in [0.717, 1.165) is 18.8 Å². The molecule has 9 heteroatoms. The van der Waals surface area contributed by atoms with Gasteiger partial charge in [0.05, 0.1) is 4.90 Å². The number of hydrazine groups is 1. The quantitative estimate of drug-likeness (QED) is 0.641. The predicted octanol–water partition coefficient (Wildman–Crippen LogP) is 1.26. The second kappa shape index (κ2) is 8.65. The number of nitrogens with zero attached hydrogens (tertiary/aromatic N) is 1. The summed E-state index contributed by atoms with van der Waals surface area (Å²) in [6, 6.07) is 12.1. The number of nitrogens with two attached hydrogens (primary N) is 1. The van der Waals surface area contributed by atoms with Crippen molar-refractivity contribution in [2.24, 2.45) is 5.14 Å². The zero-order valence-corrected chi connectivity index (χ0v) is 15.9. The van der Waals surface area contributed by atoms with Crippen LogP contribution in [-0.4, -0.2) is 33.3 Å². The van der Waals surface area contributed by atoms with Gasteiger partial charge in [0.15, 0.2) is 0 Å². The zero-order valence-electron chi connectivity index (χ0n) is 15.1. The van der Waals surface area contributed by atoms with E-state index in [1.165, 1.54) is 24.3 Å². The SMILES string of the molecule is CCN(CC)c1ccc(C(=O)NNC(=O)c2ccc(S(N)(=O)=O)cc2)cc1. The van der Waals surface area contributed by atoms with E-state index < -0.39 is 21.8 Å². The second-order valence-electron chi connectivity index (χ2n) is 5.70. The summed E-state index contributed by atoms with van der Waals surface area (Å²) in [6.07, 6.45) is 0. The van der Waals surface area contributed by atoms with Gasteiger partial charge in [0.1, 0.15) is 0 Å². The molecule has 8 nitrogen and oxygen atoms in total. The van der Waals surface area contributed by atoms with Crippen molar-refractivity contribution in [2.45, 2.75) is 18.7 Å². The van der Waals surface area contributed by atoms with Gasteiger partial charge in [-0.05, 0) is 62.4 Å². The van der Waals surface area contributed by atoms with Gasteiger partial charge in [-0.15, -0.1) is 0 Å². The number of carbonyl (C=O) groups is 2. The maximum absolute atomic E-state index is 12.2. The lowest BCUT2D eigenvalue weighted by Gasteiger charge is -2.21. The number of amides is 2. The van der Waals surface area contributed by atoms with Crippen molar-refractivity contribution in [1.29, 1.82) is 0 Å². The summed E-state index contributed by atoms with van der Waals surface area (Å²) in [7, 11) is -3.83. The molecule has 4 N–H and O–H groups in total. The molecular weight excluding hydrogens is 368 g/mol. The third-order valence-electron chi connectivity index (χ3n) is 3.99. The van der Waals surface area contributed by atoms with Crippen LogP contribution in [0.15, 0.2) is 53.4 Å². The first kappa shape index (κ1) is 20.4. The number of primary sulfonamides is 1. The Bertz CT molecular complexity index is 905. The minimum absolute atomic E-state index is 0.101. The van der Waals surface area contributed by atoms with Crippen molar-refractivity contribution < 1.29 is 18.0 Å². The number of anilines is 1. The third-order valence-corrected chi connectivity index (χ3v) is 4.92. The molecule has 0 aliphatic rings. The minimum atomic E-state index is -3.83. The molecule has 2 amide bonds. The van der Waals surface area contributed by atoms with E-state index in [4.69, 9.17) is 5.14 Å². The summed E-state index contributed by atoms with van der Waals surface area (Å²) in [5, 5.41) is 5.00. The molecule has 2 aromatic carbocycles. The van der Waals surface area contributed by atoms with E-state index in [9.17, 15) is 18.0 Å². The van der Waals surface area contributed by atoms with Crippen molar-refractivity contribution in [3.8, 4) is 0 Å². The van der Waals surface area contributed by atoms with Gasteiger partial charge in [0.2, 0.25) is 10.0 Å². The molecule has 0 saturated carbocycles. The van der Waals surface area contributed by atoms with Gasteiger partial charge in [0.25, 0.3) is 11.8 Å². The lowest BCUT2D eigenvalue weighted by Crippen LogP contribution is -2.41. The summed E-state index contributed by atoms with van der Waals surface area (Å²) in [5.41, 5.74) is 6.20. The number of sulfonamides is 1. The molecule has 2 rings (SSSR count). The highest BCUT2D eigenvalue weighted by molar-refractivity contribution is 7.89. The number of hydrogen-bond donors (Lipinski definition) is 3. The first-order chi connectivity index (χ1) is 12.8. The van der Waals surface area contributed by atoms with Crippen LogP contribution in [0.2, 0.25) is 0 Å². The Balaban J connectivity index is 1.97. The maximum Gasteiger partial charge on any atom is 0.269 e. The molecule has 0 saturated heterocycles. The van der Waals surface area contributed by atoms with E-state index in [2.05, 4.69) is 29.6 Å². The summed E-state index contributed by atoms with van der Waals surface area (Å²) >= 11 is 0. The van der Waals surface area contributed by atoms with E-state index in [0.29, 0.717) is 5.56 Å². The van der Waals surface area contributed by atoms with Crippen molar-refractivity contribution in [3.63, 3.8) is 0 Å². The largest absolute Gasteiger partial charge is 0.372 e.